The summed E-state index contributed by atoms with van der Waals surface area (Å²) in [5.41, 5.74) is 5.76. The molecule has 4 heteroatoms. The summed E-state index contributed by atoms with van der Waals surface area (Å²) in [6, 6.07) is 0.758. The summed E-state index contributed by atoms with van der Waals surface area (Å²) in [5, 5.41) is 0. The minimum atomic E-state index is 0.00293. The average molecular weight is 271 g/mol. The van der Waals surface area contributed by atoms with Crippen LogP contribution in [0.3, 0.4) is 0 Å². The van der Waals surface area contributed by atoms with E-state index >= 15 is 0 Å². The Bertz CT molecular complexity index is 270. The van der Waals surface area contributed by atoms with Crippen molar-refractivity contribution in [1.29, 1.82) is 0 Å². The van der Waals surface area contributed by atoms with Gasteiger partial charge in [-0.25, -0.2) is 0 Å². The van der Waals surface area contributed by atoms with Gasteiger partial charge in [0.25, 0.3) is 0 Å². The van der Waals surface area contributed by atoms with Crippen molar-refractivity contribution in [3.63, 3.8) is 0 Å². The molecule has 0 unspecified atom stereocenters. The number of hydrogen-bond acceptors (Lipinski definition) is 3. The quantitative estimate of drug-likeness (QED) is 0.750. The molecule has 0 saturated carbocycles. The predicted molar refractivity (Wildman–Crippen MR) is 82.9 cm³/mol. The molecule has 0 aliphatic carbocycles. The number of likely N-dealkylation sites (tertiary alicyclic amines) is 1. The molecule has 0 amide bonds. The van der Waals surface area contributed by atoms with Gasteiger partial charge in [0.2, 0.25) is 0 Å². The molecule has 3 nitrogen and oxygen atoms in total. The molecule has 1 aliphatic heterocycles. The van der Waals surface area contributed by atoms with Gasteiger partial charge in [0.05, 0.1) is 4.99 Å². The average Bonchev–Trinajstić information content (AvgIpc) is 2.29. The first-order valence-corrected chi connectivity index (χ1v) is 7.42. The third-order valence-corrected chi connectivity index (χ3v) is 4.84. The van der Waals surface area contributed by atoms with Crippen LogP contribution in [-0.4, -0.2) is 54.6 Å². The van der Waals surface area contributed by atoms with Gasteiger partial charge in [-0.05, 0) is 59.4 Å². The normalized spacial score (nSPS) is 19.4. The number of rotatable bonds is 6. The second-order valence-electron chi connectivity index (χ2n) is 6.37. The van der Waals surface area contributed by atoms with E-state index in [1.54, 1.807) is 0 Å². The monoisotopic (exact) mass is 271 g/mol. The van der Waals surface area contributed by atoms with Gasteiger partial charge in [0.15, 0.2) is 0 Å². The lowest BCUT2D eigenvalue weighted by molar-refractivity contribution is 0.141. The van der Waals surface area contributed by atoms with Crippen LogP contribution in [0.2, 0.25) is 0 Å². The summed E-state index contributed by atoms with van der Waals surface area (Å²) in [7, 11) is 4.46. The van der Waals surface area contributed by atoms with Crippen molar-refractivity contribution in [3.8, 4) is 0 Å². The molecule has 0 atom stereocenters. The highest BCUT2D eigenvalue weighted by Gasteiger charge is 2.23. The molecule has 1 heterocycles. The van der Waals surface area contributed by atoms with E-state index in [4.69, 9.17) is 18.0 Å². The van der Waals surface area contributed by atoms with Crippen LogP contribution in [0, 0.1) is 5.41 Å². The highest BCUT2D eigenvalue weighted by molar-refractivity contribution is 7.80. The maximum atomic E-state index is 5.76. The summed E-state index contributed by atoms with van der Waals surface area (Å²) in [4.78, 5) is 5.58. The first-order valence-electron chi connectivity index (χ1n) is 7.01. The minimum absolute atomic E-state index is 0.00293. The van der Waals surface area contributed by atoms with E-state index < -0.39 is 0 Å². The standard InChI is InChI=1S/C14H29N3S/c1-14(2,13(15)18)8-5-9-17(4)12-6-10-16(3)11-7-12/h12H,5-11H2,1-4H3,(H2,15,18). The Kier molecular flexibility index (Phi) is 6.02. The van der Waals surface area contributed by atoms with Gasteiger partial charge < -0.3 is 15.5 Å². The second-order valence-corrected chi connectivity index (χ2v) is 6.81. The molecule has 1 aliphatic rings. The number of piperidine rings is 1. The summed E-state index contributed by atoms with van der Waals surface area (Å²) in [6.45, 7) is 7.90. The smallest absolute Gasteiger partial charge is 0.0784 e. The van der Waals surface area contributed by atoms with E-state index in [0.717, 1.165) is 19.0 Å². The largest absolute Gasteiger partial charge is 0.393 e. The Balaban J connectivity index is 2.25. The van der Waals surface area contributed by atoms with Gasteiger partial charge in [-0.15, -0.1) is 0 Å². The van der Waals surface area contributed by atoms with Crippen LogP contribution in [0.25, 0.3) is 0 Å². The molecule has 0 spiro atoms. The topological polar surface area (TPSA) is 32.5 Å². The molecule has 0 aromatic rings. The lowest BCUT2D eigenvalue weighted by atomic mass is 9.87. The van der Waals surface area contributed by atoms with Crippen LogP contribution in [0.1, 0.15) is 39.5 Å². The molecule has 0 aromatic heterocycles. The maximum Gasteiger partial charge on any atom is 0.0784 e. The molecular weight excluding hydrogens is 242 g/mol. The zero-order valence-corrected chi connectivity index (χ0v) is 13.2. The van der Waals surface area contributed by atoms with Crippen molar-refractivity contribution >= 4 is 17.2 Å². The summed E-state index contributed by atoms with van der Waals surface area (Å²) >= 11 is 5.11. The fourth-order valence-corrected chi connectivity index (χ4v) is 2.61. The van der Waals surface area contributed by atoms with E-state index in [-0.39, 0.29) is 5.41 Å². The van der Waals surface area contributed by atoms with E-state index in [1.807, 2.05) is 0 Å². The Hall–Kier alpha value is -0.190. The van der Waals surface area contributed by atoms with Crippen LogP contribution < -0.4 is 5.73 Å². The van der Waals surface area contributed by atoms with Crippen molar-refractivity contribution in [1.82, 2.24) is 9.80 Å². The first-order chi connectivity index (χ1) is 8.33. The van der Waals surface area contributed by atoms with Gasteiger partial charge >= 0.3 is 0 Å². The molecule has 0 aromatic carbocycles. The SMILES string of the molecule is CN1CCC(N(C)CCCC(C)(C)C(N)=S)CC1. The first kappa shape index (κ1) is 15.9. The van der Waals surface area contributed by atoms with Crippen molar-refractivity contribution < 1.29 is 0 Å². The van der Waals surface area contributed by atoms with Crippen LogP contribution in [0.5, 0.6) is 0 Å². The Morgan fingerprint density at radius 3 is 2.44 bits per heavy atom. The third kappa shape index (κ3) is 4.82. The third-order valence-electron chi connectivity index (χ3n) is 4.29. The fraction of sp³-hybridized carbons (Fsp3) is 0.929. The maximum absolute atomic E-state index is 5.76. The van der Waals surface area contributed by atoms with Crippen LogP contribution >= 0.6 is 12.2 Å². The summed E-state index contributed by atoms with van der Waals surface area (Å²) in [6.07, 6.45) is 4.85. The van der Waals surface area contributed by atoms with Crippen LogP contribution in [0.4, 0.5) is 0 Å². The Morgan fingerprint density at radius 1 is 1.39 bits per heavy atom. The van der Waals surface area contributed by atoms with Crippen LogP contribution in [0.15, 0.2) is 0 Å². The van der Waals surface area contributed by atoms with E-state index in [1.165, 1.54) is 32.4 Å². The van der Waals surface area contributed by atoms with Crippen molar-refractivity contribution in [2.75, 3.05) is 33.7 Å². The molecule has 0 radical (unpaired) electrons. The van der Waals surface area contributed by atoms with Gasteiger partial charge in [-0.3, -0.25) is 0 Å². The van der Waals surface area contributed by atoms with E-state index in [9.17, 15) is 0 Å². The van der Waals surface area contributed by atoms with Crippen molar-refractivity contribution in [2.45, 2.75) is 45.6 Å². The molecular formula is C14H29N3S. The van der Waals surface area contributed by atoms with Gasteiger partial charge in [-0.2, -0.15) is 0 Å². The molecule has 18 heavy (non-hydrogen) atoms. The number of thiocarbonyl (C=S) groups is 1. The van der Waals surface area contributed by atoms with Gasteiger partial charge in [-0.1, -0.05) is 26.1 Å². The van der Waals surface area contributed by atoms with Crippen molar-refractivity contribution in [2.24, 2.45) is 11.1 Å². The van der Waals surface area contributed by atoms with E-state index in [0.29, 0.717) is 4.99 Å². The lowest BCUT2D eigenvalue weighted by Crippen LogP contribution is -2.42. The molecule has 106 valence electrons. The van der Waals surface area contributed by atoms with Gasteiger partial charge in [0.1, 0.15) is 0 Å². The molecule has 1 fully saturated rings. The highest BCUT2D eigenvalue weighted by Crippen LogP contribution is 2.23. The predicted octanol–water partition coefficient (Wildman–Crippen LogP) is 2.10. The minimum Gasteiger partial charge on any atom is -0.393 e. The lowest BCUT2D eigenvalue weighted by Gasteiger charge is -2.35. The summed E-state index contributed by atoms with van der Waals surface area (Å²) < 4.78 is 0. The molecule has 0 bridgehead atoms. The zero-order chi connectivity index (χ0) is 13.8. The van der Waals surface area contributed by atoms with Gasteiger partial charge in [0, 0.05) is 11.5 Å². The van der Waals surface area contributed by atoms with E-state index in [2.05, 4.69) is 37.7 Å². The summed E-state index contributed by atoms with van der Waals surface area (Å²) in [5.74, 6) is 0. The number of nitrogens with two attached hydrogens (primary N) is 1. The Labute approximate surface area is 118 Å². The molecule has 2 N–H and O–H groups in total. The zero-order valence-electron chi connectivity index (χ0n) is 12.4. The van der Waals surface area contributed by atoms with Crippen molar-refractivity contribution in [3.05, 3.63) is 0 Å². The molecule has 1 rings (SSSR count). The number of nitrogens with zero attached hydrogens (tertiary/aromatic N) is 2. The second kappa shape index (κ2) is 6.83. The molecule has 1 saturated heterocycles. The highest BCUT2D eigenvalue weighted by atomic mass is 32.1. The number of hydrogen-bond donors (Lipinski definition) is 1. The fourth-order valence-electron chi connectivity index (χ4n) is 2.51. The van der Waals surface area contributed by atoms with Crippen LogP contribution in [-0.2, 0) is 0 Å². The Morgan fingerprint density at radius 2 is 1.94 bits per heavy atom.